The van der Waals surface area contributed by atoms with Crippen molar-refractivity contribution in [3.8, 4) is 0 Å². The van der Waals surface area contributed by atoms with Crippen molar-refractivity contribution in [2.75, 3.05) is 26.4 Å². The Morgan fingerprint density at radius 1 is 1.44 bits per heavy atom. The smallest absolute Gasteiger partial charge is 0.117 e. The largest absolute Gasteiger partial charge is 0.468 e. The first kappa shape index (κ1) is 11.6. The van der Waals surface area contributed by atoms with Gasteiger partial charge in [0.1, 0.15) is 5.76 Å². The molecule has 0 unspecified atom stereocenters. The first-order valence-corrected chi connectivity index (χ1v) is 5.85. The van der Waals surface area contributed by atoms with Crippen LogP contribution in [-0.4, -0.2) is 42.4 Å². The van der Waals surface area contributed by atoms with E-state index in [1.807, 2.05) is 12.1 Å². The summed E-state index contributed by atoms with van der Waals surface area (Å²) in [6, 6.07) is 4.62. The molecule has 0 amide bonds. The summed E-state index contributed by atoms with van der Waals surface area (Å²) < 4.78 is 10.6. The van der Waals surface area contributed by atoms with Crippen LogP contribution in [-0.2, 0) is 11.3 Å². The van der Waals surface area contributed by atoms with Crippen molar-refractivity contribution in [1.82, 2.24) is 4.90 Å². The third kappa shape index (κ3) is 3.63. The Morgan fingerprint density at radius 2 is 2.31 bits per heavy atom. The Balaban J connectivity index is 1.72. The van der Waals surface area contributed by atoms with Gasteiger partial charge < -0.3 is 14.3 Å². The molecule has 1 aromatic heterocycles. The van der Waals surface area contributed by atoms with E-state index in [2.05, 4.69) is 4.90 Å². The maximum Gasteiger partial charge on any atom is 0.117 e. The molecular weight excluding hydrogens is 206 g/mol. The van der Waals surface area contributed by atoms with Gasteiger partial charge in [0.05, 0.1) is 32.6 Å². The van der Waals surface area contributed by atoms with Gasteiger partial charge in [-0.25, -0.2) is 0 Å². The van der Waals surface area contributed by atoms with Crippen molar-refractivity contribution in [2.24, 2.45) is 0 Å². The monoisotopic (exact) mass is 225 g/mol. The van der Waals surface area contributed by atoms with Crippen LogP contribution >= 0.6 is 0 Å². The van der Waals surface area contributed by atoms with Gasteiger partial charge in [-0.2, -0.15) is 0 Å². The Kier molecular flexibility index (Phi) is 4.39. The molecule has 90 valence electrons. The molecule has 1 aliphatic carbocycles. The van der Waals surface area contributed by atoms with Crippen LogP contribution in [0.1, 0.15) is 18.6 Å². The zero-order chi connectivity index (χ0) is 11.2. The maximum atomic E-state index is 8.61. The van der Waals surface area contributed by atoms with E-state index in [9.17, 15) is 0 Å². The second kappa shape index (κ2) is 6.03. The second-order valence-corrected chi connectivity index (χ2v) is 4.12. The zero-order valence-corrected chi connectivity index (χ0v) is 9.47. The summed E-state index contributed by atoms with van der Waals surface area (Å²) in [5, 5.41) is 8.61. The van der Waals surface area contributed by atoms with Crippen LogP contribution in [0.3, 0.4) is 0 Å². The lowest BCUT2D eigenvalue weighted by Crippen LogP contribution is -2.29. The van der Waals surface area contributed by atoms with Gasteiger partial charge in [-0.1, -0.05) is 0 Å². The van der Waals surface area contributed by atoms with Gasteiger partial charge in [0, 0.05) is 12.6 Å². The lowest BCUT2D eigenvalue weighted by atomic mass is 10.4. The number of ether oxygens (including phenoxy) is 1. The summed E-state index contributed by atoms with van der Waals surface area (Å²) >= 11 is 0. The van der Waals surface area contributed by atoms with Crippen molar-refractivity contribution in [1.29, 1.82) is 0 Å². The molecule has 0 aromatic carbocycles. The molecule has 1 N–H and O–H groups in total. The van der Waals surface area contributed by atoms with Crippen molar-refractivity contribution >= 4 is 0 Å². The molecule has 0 spiro atoms. The average molecular weight is 225 g/mol. The molecule has 0 radical (unpaired) electrons. The zero-order valence-electron chi connectivity index (χ0n) is 9.47. The molecule has 1 saturated carbocycles. The highest BCUT2D eigenvalue weighted by Crippen LogP contribution is 2.28. The normalized spacial score (nSPS) is 15.9. The number of rotatable bonds is 8. The number of aliphatic hydroxyl groups excluding tert-OH is 1. The standard InChI is InChI=1S/C12H19NO3/c14-6-9-15-8-5-13(11-3-4-11)10-12-2-1-7-16-12/h1-2,7,11,14H,3-6,8-10H2. The quantitative estimate of drug-likeness (QED) is 0.676. The summed E-state index contributed by atoms with van der Waals surface area (Å²) in [4.78, 5) is 2.39. The van der Waals surface area contributed by atoms with E-state index in [1.165, 1.54) is 12.8 Å². The minimum atomic E-state index is 0.0988. The van der Waals surface area contributed by atoms with Gasteiger partial charge in [0.25, 0.3) is 0 Å². The first-order chi connectivity index (χ1) is 7.90. The van der Waals surface area contributed by atoms with E-state index in [4.69, 9.17) is 14.3 Å². The Hall–Kier alpha value is -0.840. The van der Waals surface area contributed by atoms with E-state index in [0.29, 0.717) is 19.3 Å². The fraction of sp³-hybridized carbons (Fsp3) is 0.667. The molecule has 0 bridgehead atoms. The third-order valence-corrected chi connectivity index (χ3v) is 2.76. The van der Waals surface area contributed by atoms with Gasteiger partial charge in [0.15, 0.2) is 0 Å². The fourth-order valence-electron chi connectivity index (χ4n) is 1.78. The molecule has 4 nitrogen and oxygen atoms in total. The molecule has 1 aromatic rings. The van der Waals surface area contributed by atoms with Crippen LogP contribution in [0.4, 0.5) is 0 Å². The number of hydrogen-bond acceptors (Lipinski definition) is 4. The second-order valence-electron chi connectivity index (χ2n) is 4.12. The van der Waals surface area contributed by atoms with Gasteiger partial charge in [-0.05, 0) is 25.0 Å². The first-order valence-electron chi connectivity index (χ1n) is 5.85. The highest BCUT2D eigenvalue weighted by atomic mass is 16.5. The van der Waals surface area contributed by atoms with Gasteiger partial charge in [0.2, 0.25) is 0 Å². The summed E-state index contributed by atoms with van der Waals surface area (Å²) in [5.41, 5.74) is 0. The van der Waals surface area contributed by atoms with Crippen LogP contribution in [0, 0.1) is 0 Å². The van der Waals surface area contributed by atoms with Crippen LogP contribution in [0.25, 0.3) is 0 Å². The number of aliphatic hydroxyl groups is 1. The molecule has 4 heteroatoms. The van der Waals surface area contributed by atoms with Crippen LogP contribution in [0.5, 0.6) is 0 Å². The molecular formula is C12H19NO3. The summed E-state index contributed by atoms with van der Waals surface area (Å²) in [5.74, 6) is 1.01. The topological polar surface area (TPSA) is 45.8 Å². The third-order valence-electron chi connectivity index (χ3n) is 2.76. The van der Waals surface area contributed by atoms with Crippen molar-refractivity contribution in [3.05, 3.63) is 24.2 Å². The molecule has 1 fully saturated rings. The molecule has 1 aliphatic rings. The molecule has 0 saturated heterocycles. The SMILES string of the molecule is OCCOCCN(Cc1ccco1)C1CC1. The lowest BCUT2D eigenvalue weighted by Gasteiger charge is -2.20. The highest BCUT2D eigenvalue weighted by Gasteiger charge is 2.29. The van der Waals surface area contributed by atoms with Crippen molar-refractivity contribution in [3.63, 3.8) is 0 Å². The number of nitrogens with zero attached hydrogens (tertiary/aromatic N) is 1. The Morgan fingerprint density at radius 3 is 2.94 bits per heavy atom. The minimum absolute atomic E-state index is 0.0988. The molecule has 0 atom stereocenters. The average Bonchev–Trinajstić information content (AvgIpc) is 3.02. The predicted octanol–water partition coefficient (Wildman–Crippen LogP) is 1.25. The lowest BCUT2D eigenvalue weighted by molar-refractivity contribution is 0.0686. The van der Waals surface area contributed by atoms with Gasteiger partial charge >= 0.3 is 0 Å². The van der Waals surface area contributed by atoms with Crippen LogP contribution < -0.4 is 0 Å². The van der Waals surface area contributed by atoms with Crippen LogP contribution in [0.15, 0.2) is 22.8 Å². The summed E-state index contributed by atoms with van der Waals surface area (Å²) in [6.07, 6.45) is 4.27. The van der Waals surface area contributed by atoms with E-state index in [1.54, 1.807) is 6.26 Å². The van der Waals surface area contributed by atoms with E-state index in [0.717, 1.165) is 18.8 Å². The molecule has 2 rings (SSSR count). The molecule has 0 aliphatic heterocycles. The number of furan rings is 1. The Bertz CT molecular complexity index is 282. The fourth-order valence-corrected chi connectivity index (χ4v) is 1.78. The van der Waals surface area contributed by atoms with Crippen molar-refractivity contribution < 1.29 is 14.3 Å². The van der Waals surface area contributed by atoms with E-state index in [-0.39, 0.29) is 6.61 Å². The molecule has 16 heavy (non-hydrogen) atoms. The van der Waals surface area contributed by atoms with Gasteiger partial charge in [-0.15, -0.1) is 0 Å². The minimum Gasteiger partial charge on any atom is -0.468 e. The summed E-state index contributed by atoms with van der Waals surface area (Å²) in [7, 11) is 0. The van der Waals surface area contributed by atoms with Gasteiger partial charge in [-0.3, -0.25) is 4.90 Å². The molecule has 1 heterocycles. The number of hydrogen-bond donors (Lipinski definition) is 1. The van der Waals surface area contributed by atoms with E-state index >= 15 is 0 Å². The summed E-state index contributed by atoms with van der Waals surface area (Å²) in [6.45, 7) is 2.98. The van der Waals surface area contributed by atoms with E-state index < -0.39 is 0 Å². The predicted molar refractivity (Wildman–Crippen MR) is 60.0 cm³/mol. The Labute approximate surface area is 95.8 Å². The van der Waals surface area contributed by atoms with Crippen molar-refractivity contribution in [2.45, 2.75) is 25.4 Å². The highest BCUT2D eigenvalue weighted by molar-refractivity contribution is 4.99. The van der Waals surface area contributed by atoms with Crippen LogP contribution in [0.2, 0.25) is 0 Å². The maximum absolute atomic E-state index is 8.61.